The Morgan fingerprint density at radius 2 is 2.00 bits per heavy atom. The number of nitrogens with one attached hydrogen (secondary N) is 2. The molecule has 1 saturated heterocycles. The van der Waals surface area contributed by atoms with Crippen LogP contribution in [0.2, 0.25) is 0 Å². The van der Waals surface area contributed by atoms with Gasteiger partial charge < -0.3 is 20.1 Å². The van der Waals surface area contributed by atoms with Gasteiger partial charge in [-0.3, -0.25) is 4.79 Å². The first-order valence-electron chi connectivity index (χ1n) is 9.16. The molecule has 5 nitrogen and oxygen atoms in total. The molecule has 0 aliphatic carbocycles. The molecule has 0 aromatic heterocycles. The second-order valence-corrected chi connectivity index (χ2v) is 6.66. The van der Waals surface area contributed by atoms with E-state index >= 15 is 0 Å². The number of fused-ring (bicyclic) bond motifs is 1. The lowest BCUT2D eigenvalue weighted by molar-refractivity contribution is -0.122. The van der Waals surface area contributed by atoms with Gasteiger partial charge in [-0.05, 0) is 62.4 Å². The predicted octanol–water partition coefficient (Wildman–Crippen LogP) is 2.80. The Bertz CT molecular complexity index is 556. The van der Waals surface area contributed by atoms with Crippen molar-refractivity contribution in [2.75, 3.05) is 26.3 Å². The van der Waals surface area contributed by atoms with Crippen molar-refractivity contribution >= 4 is 5.91 Å². The second kappa shape index (κ2) is 8.38. The normalized spacial score (nSPS) is 18.9. The Labute approximate surface area is 144 Å². The summed E-state index contributed by atoms with van der Waals surface area (Å²) in [7, 11) is 0. The molecule has 132 valence electrons. The van der Waals surface area contributed by atoms with E-state index in [9.17, 15) is 4.79 Å². The molecule has 2 aliphatic rings. The van der Waals surface area contributed by atoms with E-state index in [4.69, 9.17) is 9.47 Å². The number of benzene rings is 1. The average Bonchev–Trinajstić information content (AvgIpc) is 2.65. The smallest absolute Gasteiger partial charge is 0.220 e. The molecular formula is C19H28N2O3. The minimum absolute atomic E-state index is 0.0290. The van der Waals surface area contributed by atoms with Crippen LogP contribution in [0.25, 0.3) is 0 Å². The Morgan fingerprint density at radius 1 is 1.25 bits per heavy atom. The molecule has 1 amide bonds. The standard InChI is InChI=1S/C19H28N2O3/c1-2-16(15-4-5-17-18(13-15)24-12-11-23-17)21-19(22)6-3-14-7-9-20-10-8-14/h4-5,13-14,16,20H,2-3,6-12H2,1H3,(H,21,22). The van der Waals surface area contributed by atoms with Crippen molar-refractivity contribution in [1.82, 2.24) is 10.6 Å². The third-order valence-corrected chi connectivity index (χ3v) is 4.95. The Kier molecular flexibility index (Phi) is 5.96. The van der Waals surface area contributed by atoms with E-state index in [-0.39, 0.29) is 11.9 Å². The summed E-state index contributed by atoms with van der Waals surface area (Å²) in [5.41, 5.74) is 1.08. The first-order valence-corrected chi connectivity index (χ1v) is 9.16. The second-order valence-electron chi connectivity index (χ2n) is 6.66. The summed E-state index contributed by atoms with van der Waals surface area (Å²) < 4.78 is 11.2. The SMILES string of the molecule is CCC(NC(=O)CCC1CCNCC1)c1ccc2c(c1)OCCO2. The highest BCUT2D eigenvalue weighted by Gasteiger charge is 2.19. The van der Waals surface area contributed by atoms with Crippen LogP contribution in [0.5, 0.6) is 11.5 Å². The zero-order valence-electron chi connectivity index (χ0n) is 14.5. The third-order valence-electron chi connectivity index (χ3n) is 4.95. The van der Waals surface area contributed by atoms with Crippen LogP contribution in [0.15, 0.2) is 18.2 Å². The van der Waals surface area contributed by atoms with Gasteiger partial charge in [0.05, 0.1) is 6.04 Å². The van der Waals surface area contributed by atoms with E-state index < -0.39 is 0 Å². The van der Waals surface area contributed by atoms with E-state index in [1.165, 1.54) is 12.8 Å². The number of carbonyl (C=O) groups excluding carboxylic acids is 1. The maximum Gasteiger partial charge on any atom is 0.220 e. The highest BCUT2D eigenvalue weighted by molar-refractivity contribution is 5.76. The van der Waals surface area contributed by atoms with E-state index in [1.807, 2.05) is 18.2 Å². The van der Waals surface area contributed by atoms with Crippen LogP contribution in [0.3, 0.4) is 0 Å². The van der Waals surface area contributed by atoms with Crippen LogP contribution in [0.4, 0.5) is 0 Å². The topological polar surface area (TPSA) is 59.6 Å². The number of amides is 1. The van der Waals surface area contributed by atoms with Crippen molar-refractivity contribution in [3.8, 4) is 11.5 Å². The summed E-state index contributed by atoms with van der Waals surface area (Å²) in [6.07, 6.45) is 4.84. The van der Waals surface area contributed by atoms with Gasteiger partial charge in [-0.25, -0.2) is 0 Å². The predicted molar refractivity (Wildman–Crippen MR) is 93.4 cm³/mol. The number of hydrogen-bond acceptors (Lipinski definition) is 4. The molecule has 1 unspecified atom stereocenters. The minimum Gasteiger partial charge on any atom is -0.486 e. The Balaban J connectivity index is 1.54. The monoisotopic (exact) mass is 332 g/mol. The molecule has 2 N–H and O–H groups in total. The number of piperidine rings is 1. The molecule has 0 spiro atoms. The van der Waals surface area contributed by atoms with Gasteiger partial charge in [-0.15, -0.1) is 0 Å². The molecule has 2 heterocycles. The lowest BCUT2D eigenvalue weighted by Crippen LogP contribution is -2.31. The molecule has 1 aromatic carbocycles. The molecule has 2 aliphatic heterocycles. The zero-order chi connectivity index (χ0) is 16.8. The molecular weight excluding hydrogens is 304 g/mol. The van der Waals surface area contributed by atoms with E-state index in [1.54, 1.807) is 0 Å². The molecule has 24 heavy (non-hydrogen) atoms. The summed E-state index contributed by atoms with van der Waals surface area (Å²) in [5, 5.41) is 6.55. The van der Waals surface area contributed by atoms with Crippen molar-refractivity contribution < 1.29 is 14.3 Å². The lowest BCUT2D eigenvalue weighted by Gasteiger charge is -2.24. The van der Waals surface area contributed by atoms with Crippen LogP contribution < -0.4 is 20.1 Å². The summed E-state index contributed by atoms with van der Waals surface area (Å²) in [4.78, 5) is 12.3. The van der Waals surface area contributed by atoms with E-state index in [0.717, 1.165) is 43.0 Å². The highest BCUT2D eigenvalue weighted by atomic mass is 16.6. The van der Waals surface area contributed by atoms with Gasteiger partial charge in [0.25, 0.3) is 0 Å². The molecule has 5 heteroatoms. The first kappa shape index (κ1) is 17.1. The van der Waals surface area contributed by atoms with Gasteiger partial charge in [0.1, 0.15) is 13.2 Å². The molecule has 1 atom stereocenters. The van der Waals surface area contributed by atoms with Gasteiger partial charge >= 0.3 is 0 Å². The number of ether oxygens (including phenoxy) is 2. The Hall–Kier alpha value is -1.75. The van der Waals surface area contributed by atoms with Crippen molar-refractivity contribution in [2.24, 2.45) is 5.92 Å². The summed E-state index contributed by atoms with van der Waals surface area (Å²) >= 11 is 0. The van der Waals surface area contributed by atoms with Crippen molar-refractivity contribution in [3.63, 3.8) is 0 Å². The number of hydrogen-bond donors (Lipinski definition) is 2. The average molecular weight is 332 g/mol. The zero-order valence-corrected chi connectivity index (χ0v) is 14.5. The summed E-state index contributed by atoms with van der Waals surface area (Å²) in [6.45, 7) is 5.43. The van der Waals surface area contributed by atoms with Crippen molar-refractivity contribution in [3.05, 3.63) is 23.8 Å². The van der Waals surface area contributed by atoms with Crippen LogP contribution in [0.1, 0.15) is 50.6 Å². The maximum absolute atomic E-state index is 12.3. The molecule has 0 saturated carbocycles. The highest BCUT2D eigenvalue weighted by Crippen LogP contribution is 2.33. The number of carbonyl (C=O) groups is 1. The third kappa shape index (κ3) is 4.41. The fourth-order valence-electron chi connectivity index (χ4n) is 3.47. The van der Waals surface area contributed by atoms with Gasteiger partial charge in [0.2, 0.25) is 5.91 Å². The van der Waals surface area contributed by atoms with Gasteiger partial charge in [-0.1, -0.05) is 13.0 Å². The van der Waals surface area contributed by atoms with Gasteiger partial charge in [-0.2, -0.15) is 0 Å². The maximum atomic E-state index is 12.3. The summed E-state index contributed by atoms with van der Waals surface area (Å²) in [6, 6.07) is 5.99. The van der Waals surface area contributed by atoms with Crippen molar-refractivity contribution in [2.45, 2.75) is 45.1 Å². The van der Waals surface area contributed by atoms with Gasteiger partial charge in [0.15, 0.2) is 11.5 Å². The lowest BCUT2D eigenvalue weighted by atomic mass is 9.93. The Morgan fingerprint density at radius 3 is 2.75 bits per heavy atom. The quantitative estimate of drug-likeness (QED) is 0.841. The molecule has 0 radical (unpaired) electrons. The van der Waals surface area contributed by atoms with E-state index in [0.29, 0.717) is 25.6 Å². The molecule has 3 rings (SSSR count). The fraction of sp³-hybridized carbons (Fsp3) is 0.632. The summed E-state index contributed by atoms with van der Waals surface area (Å²) in [5.74, 6) is 2.40. The molecule has 1 aromatic rings. The first-order chi connectivity index (χ1) is 11.8. The van der Waals surface area contributed by atoms with Crippen LogP contribution in [0, 0.1) is 5.92 Å². The van der Waals surface area contributed by atoms with Crippen molar-refractivity contribution in [1.29, 1.82) is 0 Å². The van der Waals surface area contributed by atoms with Crippen LogP contribution >= 0.6 is 0 Å². The van der Waals surface area contributed by atoms with Crippen LogP contribution in [-0.4, -0.2) is 32.2 Å². The van der Waals surface area contributed by atoms with Gasteiger partial charge in [0, 0.05) is 6.42 Å². The van der Waals surface area contributed by atoms with E-state index in [2.05, 4.69) is 17.6 Å². The molecule has 0 bridgehead atoms. The fourth-order valence-corrected chi connectivity index (χ4v) is 3.47. The number of rotatable bonds is 6. The molecule has 1 fully saturated rings. The largest absolute Gasteiger partial charge is 0.486 e. The minimum atomic E-state index is 0.0290. The van der Waals surface area contributed by atoms with Crippen LogP contribution in [-0.2, 0) is 4.79 Å².